The van der Waals surface area contributed by atoms with Crippen molar-refractivity contribution in [3.05, 3.63) is 93.4 Å². The van der Waals surface area contributed by atoms with Crippen LogP contribution in [0.5, 0.6) is 5.75 Å². The van der Waals surface area contributed by atoms with E-state index in [1.807, 2.05) is 36.4 Å². The zero-order chi connectivity index (χ0) is 25.1. The van der Waals surface area contributed by atoms with Crippen LogP contribution in [0.15, 0.2) is 65.5 Å². The smallest absolute Gasteiger partial charge is 0.217 e. The van der Waals surface area contributed by atoms with Crippen LogP contribution in [0.4, 0.5) is 0 Å². The highest BCUT2D eigenvalue weighted by atomic mass is 32.2. The van der Waals surface area contributed by atoms with Crippen molar-refractivity contribution in [1.82, 2.24) is 9.71 Å². The van der Waals surface area contributed by atoms with Crippen molar-refractivity contribution in [3.8, 4) is 5.75 Å². The predicted octanol–water partition coefficient (Wildman–Crippen LogP) is 4.70. The third-order valence-electron chi connectivity index (χ3n) is 6.55. The van der Waals surface area contributed by atoms with Gasteiger partial charge in [-0.2, -0.15) is 0 Å². The highest BCUT2D eigenvalue weighted by Crippen LogP contribution is 2.34. The Labute approximate surface area is 214 Å². The van der Waals surface area contributed by atoms with E-state index < -0.39 is 10.0 Å². The number of thiazole rings is 1. The summed E-state index contributed by atoms with van der Waals surface area (Å²) in [6.45, 7) is 0.796. The van der Waals surface area contributed by atoms with Crippen LogP contribution in [0.25, 0.3) is 10.8 Å². The van der Waals surface area contributed by atoms with Gasteiger partial charge in [-0.1, -0.05) is 30.3 Å². The highest BCUT2D eigenvalue weighted by Gasteiger charge is 2.23. The molecule has 7 nitrogen and oxygen atoms in total. The van der Waals surface area contributed by atoms with Gasteiger partial charge in [0, 0.05) is 17.5 Å². The second-order valence-corrected chi connectivity index (χ2v) is 11.7. The lowest BCUT2D eigenvalue weighted by Gasteiger charge is -2.26. The quantitative estimate of drug-likeness (QED) is 0.218. The molecule has 186 valence electrons. The second kappa shape index (κ2) is 10.4. The average molecular weight is 521 g/mol. The molecule has 0 amide bonds. The number of ether oxygens (including phenoxy) is 1. The Bertz CT molecular complexity index is 1500. The number of rotatable bonds is 9. The van der Waals surface area contributed by atoms with Crippen molar-refractivity contribution >= 4 is 38.0 Å². The molecule has 5 rings (SSSR count). The van der Waals surface area contributed by atoms with E-state index >= 15 is 0 Å². The standard InChI is InChI=1S/C27H28N4O3S2/c28-27(29)22-7-6-20-10-18(4-5-21(20)11-22)14-34-25-9-8-19-2-1-3-23(26(19)12-25)13-31-36(32,33)16-24-15-35-17-30-24/h4-12,15,17,23,31H,1-3,13-14,16H2,(H3,28,29). The SMILES string of the molecule is N=C(N)c1ccc2cc(COc3ccc4c(c3)C(CNS(=O)(=O)Cc3cscn3)CCC4)ccc2c1. The maximum absolute atomic E-state index is 12.5. The Hall–Kier alpha value is -3.27. The van der Waals surface area contributed by atoms with Crippen LogP contribution in [-0.4, -0.2) is 25.8 Å². The van der Waals surface area contributed by atoms with Crippen molar-refractivity contribution in [2.75, 3.05) is 6.54 Å². The molecular weight excluding hydrogens is 492 g/mol. The summed E-state index contributed by atoms with van der Waals surface area (Å²) in [4.78, 5) is 4.09. The van der Waals surface area contributed by atoms with Crippen molar-refractivity contribution in [2.24, 2.45) is 5.73 Å². The first-order valence-electron chi connectivity index (χ1n) is 11.8. The second-order valence-electron chi connectivity index (χ2n) is 9.14. The number of hydrogen-bond donors (Lipinski definition) is 3. The van der Waals surface area contributed by atoms with Crippen LogP contribution >= 0.6 is 11.3 Å². The molecule has 1 aromatic heterocycles. The number of aromatic nitrogens is 1. The topological polar surface area (TPSA) is 118 Å². The number of benzene rings is 3. The molecule has 1 atom stereocenters. The van der Waals surface area contributed by atoms with Gasteiger partial charge in [-0.3, -0.25) is 5.41 Å². The van der Waals surface area contributed by atoms with Gasteiger partial charge in [0.15, 0.2) is 0 Å². The molecule has 0 spiro atoms. The summed E-state index contributed by atoms with van der Waals surface area (Å²) in [6.07, 6.45) is 2.96. The molecule has 1 aliphatic carbocycles. The number of nitrogen functional groups attached to an aromatic ring is 1. The number of nitrogens with two attached hydrogens (primary N) is 1. The normalized spacial score (nSPS) is 15.5. The molecule has 1 unspecified atom stereocenters. The lowest BCUT2D eigenvalue weighted by Crippen LogP contribution is -2.31. The van der Waals surface area contributed by atoms with Gasteiger partial charge < -0.3 is 10.5 Å². The Morgan fingerprint density at radius 1 is 1.14 bits per heavy atom. The van der Waals surface area contributed by atoms with Gasteiger partial charge in [0.1, 0.15) is 23.9 Å². The average Bonchev–Trinajstić information content (AvgIpc) is 3.38. The van der Waals surface area contributed by atoms with Crippen LogP contribution in [0, 0.1) is 5.41 Å². The Balaban J connectivity index is 1.26. The fourth-order valence-electron chi connectivity index (χ4n) is 4.68. The Morgan fingerprint density at radius 2 is 1.97 bits per heavy atom. The molecule has 1 heterocycles. The first kappa shape index (κ1) is 24.4. The summed E-state index contributed by atoms with van der Waals surface area (Å²) >= 11 is 1.39. The first-order chi connectivity index (χ1) is 17.4. The van der Waals surface area contributed by atoms with Crippen LogP contribution in [0.1, 0.15) is 46.7 Å². The minimum absolute atomic E-state index is 0.0577. The minimum atomic E-state index is -3.44. The van der Waals surface area contributed by atoms with Gasteiger partial charge in [-0.15, -0.1) is 11.3 Å². The maximum atomic E-state index is 12.5. The molecule has 0 bridgehead atoms. The zero-order valence-corrected chi connectivity index (χ0v) is 21.4. The van der Waals surface area contributed by atoms with Crippen molar-refractivity contribution in [1.29, 1.82) is 5.41 Å². The molecule has 4 N–H and O–H groups in total. The van der Waals surface area contributed by atoms with Crippen LogP contribution < -0.4 is 15.2 Å². The number of fused-ring (bicyclic) bond motifs is 2. The lowest BCUT2D eigenvalue weighted by atomic mass is 9.83. The number of hydrogen-bond acceptors (Lipinski definition) is 6. The van der Waals surface area contributed by atoms with E-state index in [0.717, 1.165) is 46.9 Å². The van der Waals surface area contributed by atoms with E-state index in [2.05, 4.69) is 27.9 Å². The predicted molar refractivity (Wildman–Crippen MR) is 144 cm³/mol. The summed E-state index contributed by atoms with van der Waals surface area (Å²) in [5.74, 6) is 0.847. The maximum Gasteiger partial charge on any atom is 0.217 e. The minimum Gasteiger partial charge on any atom is -0.489 e. The lowest BCUT2D eigenvalue weighted by molar-refractivity contribution is 0.305. The molecule has 0 radical (unpaired) electrons. The van der Waals surface area contributed by atoms with Gasteiger partial charge in [0.25, 0.3) is 0 Å². The molecule has 36 heavy (non-hydrogen) atoms. The van der Waals surface area contributed by atoms with E-state index in [4.69, 9.17) is 15.9 Å². The van der Waals surface area contributed by atoms with Gasteiger partial charge in [-0.25, -0.2) is 18.1 Å². The summed E-state index contributed by atoms with van der Waals surface area (Å²) in [5, 5.41) is 11.5. The largest absolute Gasteiger partial charge is 0.489 e. The molecule has 3 aromatic carbocycles. The summed E-state index contributed by atoms with van der Waals surface area (Å²) in [7, 11) is -3.44. The monoisotopic (exact) mass is 520 g/mol. The third-order valence-corrected chi connectivity index (χ3v) is 8.47. The number of amidine groups is 1. The summed E-state index contributed by atoms with van der Waals surface area (Å²) in [5.41, 5.74) is 12.0. The zero-order valence-electron chi connectivity index (χ0n) is 19.7. The number of aryl methyl sites for hydroxylation is 1. The van der Waals surface area contributed by atoms with Gasteiger partial charge in [0.05, 0.1) is 11.2 Å². The van der Waals surface area contributed by atoms with Crippen LogP contribution in [0.2, 0.25) is 0 Å². The van der Waals surface area contributed by atoms with Gasteiger partial charge in [-0.05, 0) is 76.9 Å². The Morgan fingerprint density at radius 3 is 2.78 bits per heavy atom. The molecule has 0 aliphatic heterocycles. The molecule has 4 aromatic rings. The fraction of sp³-hybridized carbons (Fsp3) is 0.259. The molecule has 0 saturated carbocycles. The number of nitrogens with zero attached hydrogens (tertiary/aromatic N) is 1. The van der Waals surface area contributed by atoms with Gasteiger partial charge in [0.2, 0.25) is 10.0 Å². The number of nitrogens with one attached hydrogen (secondary N) is 2. The molecule has 0 saturated heterocycles. The van der Waals surface area contributed by atoms with E-state index in [9.17, 15) is 8.42 Å². The Kier molecular flexibility index (Phi) is 7.04. The van der Waals surface area contributed by atoms with Gasteiger partial charge >= 0.3 is 0 Å². The summed E-state index contributed by atoms with van der Waals surface area (Å²) < 4.78 is 34.0. The van der Waals surface area contributed by atoms with Crippen molar-refractivity contribution < 1.29 is 13.2 Å². The molecule has 0 fully saturated rings. The first-order valence-corrected chi connectivity index (χ1v) is 14.4. The molecule has 9 heteroatoms. The fourth-order valence-corrected chi connectivity index (χ4v) is 6.45. The summed E-state index contributed by atoms with van der Waals surface area (Å²) in [6, 6.07) is 18.0. The van der Waals surface area contributed by atoms with Crippen LogP contribution in [-0.2, 0) is 28.8 Å². The van der Waals surface area contributed by atoms with E-state index in [1.165, 1.54) is 16.9 Å². The molecular formula is C27H28N4O3S2. The van der Waals surface area contributed by atoms with Crippen molar-refractivity contribution in [2.45, 2.75) is 37.5 Å². The highest BCUT2D eigenvalue weighted by molar-refractivity contribution is 7.88. The molecule has 1 aliphatic rings. The van der Waals surface area contributed by atoms with E-state index in [-0.39, 0.29) is 17.5 Å². The van der Waals surface area contributed by atoms with Crippen molar-refractivity contribution in [3.63, 3.8) is 0 Å². The van der Waals surface area contributed by atoms with E-state index in [1.54, 1.807) is 10.9 Å². The van der Waals surface area contributed by atoms with Crippen LogP contribution in [0.3, 0.4) is 0 Å². The third kappa shape index (κ3) is 5.75. The number of sulfonamides is 1. The van der Waals surface area contributed by atoms with E-state index in [0.29, 0.717) is 24.4 Å².